The van der Waals surface area contributed by atoms with E-state index in [2.05, 4.69) is 5.32 Å². The predicted octanol–water partition coefficient (Wildman–Crippen LogP) is 3.73. The Balaban J connectivity index is 1.53. The number of Topliss-reactive ketones (excluding diaryl/α,β-unsaturated/α-hetero) is 1. The molecule has 2 heterocycles. The van der Waals surface area contributed by atoms with Gasteiger partial charge >= 0.3 is 5.97 Å². The van der Waals surface area contributed by atoms with Gasteiger partial charge in [0, 0.05) is 35.8 Å². The molecule has 3 aromatic rings. The maximum Gasteiger partial charge on any atom is 0.337 e. The number of halogens is 2. The molecule has 0 unspecified atom stereocenters. The summed E-state index contributed by atoms with van der Waals surface area (Å²) in [5.41, 5.74) is 1.50. The molecule has 10 heteroatoms. The van der Waals surface area contributed by atoms with Crippen molar-refractivity contribution in [2.75, 3.05) is 13.7 Å². The first-order chi connectivity index (χ1) is 17.2. The Morgan fingerprint density at radius 3 is 2.69 bits per heavy atom. The molecular weight excluding hydrogens is 489 g/mol. The van der Waals surface area contributed by atoms with E-state index in [0.29, 0.717) is 41.4 Å². The summed E-state index contributed by atoms with van der Waals surface area (Å²) in [5, 5.41) is 3.28. The third-order valence-electron chi connectivity index (χ3n) is 6.35. The second kappa shape index (κ2) is 10.5. The largest absolute Gasteiger partial charge is 0.465 e. The summed E-state index contributed by atoms with van der Waals surface area (Å²) in [7, 11) is 1.27. The van der Waals surface area contributed by atoms with Gasteiger partial charge in [-0.25, -0.2) is 9.18 Å². The number of rotatable bonds is 7. The smallest absolute Gasteiger partial charge is 0.337 e. The first-order valence-electron chi connectivity index (χ1n) is 11.4. The van der Waals surface area contributed by atoms with E-state index in [1.54, 1.807) is 35.0 Å². The third-order valence-corrected chi connectivity index (χ3v) is 6.64. The van der Waals surface area contributed by atoms with Crippen LogP contribution < -0.4 is 5.32 Å². The second-order valence-electron chi connectivity index (χ2n) is 8.63. The number of methoxy groups -OCH3 is 1. The van der Waals surface area contributed by atoms with Crippen LogP contribution in [-0.4, -0.2) is 52.7 Å². The molecule has 0 radical (unpaired) electrons. The van der Waals surface area contributed by atoms with Crippen LogP contribution in [0.25, 0.3) is 10.9 Å². The topological polar surface area (TPSA) is 97.7 Å². The molecule has 36 heavy (non-hydrogen) atoms. The minimum absolute atomic E-state index is 0.0290. The molecule has 1 atom stereocenters. The van der Waals surface area contributed by atoms with E-state index < -0.39 is 17.8 Å². The van der Waals surface area contributed by atoms with Crippen LogP contribution in [-0.2, 0) is 27.4 Å². The van der Waals surface area contributed by atoms with Gasteiger partial charge in [0.15, 0.2) is 5.78 Å². The highest BCUT2D eigenvalue weighted by Crippen LogP contribution is 2.25. The fourth-order valence-corrected chi connectivity index (χ4v) is 4.70. The number of ether oxygens (including phenoxy) is 1. The van der Waals surface area contributed by atoms with E-state index in [4.69, 9.17) is 16.3 Å². The number of fused-ring (bicyclic) bond motifs is 1. The number of nitrogens with one attached hydrogen (secondary N) is 1. The molecule has 0 spiro atoms. The molecule has 0 bridgehead atoms. The van der Waals surface area contributed by atoms with Crippen molar-refractivity contribution in [2.45, 2.75) is 38.9 Å². The number of esters is 1. The van der Waals surface area contributed by atoms with E-state index in [1.165, 1.54) is 31.1 Å². The molecular formula is C26H25ClFN3O5. The Hall–Kier alpha value is -3.72. The van der Waals surface area contributed by atoms with Gasteiger partial charge in [0.25, 0.3) is 0 Å². The molecule has 0 aliphatic carbocycles. The Labute approximate surface area is 212 Å². The normalized spacial score (nSPS) is 15.2. The molecule has 4 rings (SSSR count). The van der Waals surface area contributed by atoms with Crippen molar-refractivity contribution in [2.24, 2.45) is 0 Å². The summed E-state index contributed by atoms with van der Waals surface area (Å²) >= 11 is 5.81. The molecule has 0 saturated carbocycles. The van der Waals surface area contributed by atoms with Crippen molar-refractivity contribution < 1.29 is 28.3 Å². The molecule has 2 aromatic carbocycles. The molecule has 1 N–H and O–H groups in total. The number of carbonyl (C=O) groups excluding carboxylic acids is 4. The lowest BCUT2D eigenvalue weighted by Crippen LogP contribution is -2.46. The number of ketones is 1. The van der Waals surface area contributed by atoms with Crippen molar-refractivity contribution >= 4 is 46.1 Å². The summed E-state index contributed by atoms with van der Waals surface area (Å²) in [6, 6.07) is 8.66. The fourth-order valence-electron chi connectivity index (χ4n) is 4.51. The van der Waals surface area contributed by atoms with Crippen LogP contribution >= 0.6 is 11.6 Å². The van der Waals surface area contributed by atoms with Crippen LogP contribution in [0.5, 0.6) is 0 Å². The fraction of sp³-hybridized carbons (Fsp3) is 0.308. The zero-order valence-electron chi connectivity index (χ0n) is 19.8. The Kier molecular flexibility index (Phi) is 7.40. The van der Waals surface area contributed by atoms with E-state index in [9.17, 15) is 23.6 Å². The number of hydrogen-bond donors (Lipinski definition) is 1. The van der Waals surface area contributed by atoms with Crippen molar-refractivity contribution in [3.63, 3.8) is 0 Å². The monoisotopic (exact) mass is 513 g/mol. The maximum absolute atomic E-state index is 14.2. The number of likely N-dealkylation sites (tertiary alicyclic amines) is 1. The van der Waals surface area contributed by atoms with E-state index >= 15 is 0 Å². The highest BCUT2D eigenvalue weighted by molar-refractivity contribution is 6.30. The number of nitrogens with zero attached hydrogens (tertiary/aromatic N) is 2. The van der Waals surface area contributed by atoms with E-state index in [-0.39, 0.29) is 41.3 Å². The van der Waals surface area contributed by atoms with Gasteiger partial charge in [-0.2, -0.15) is 0 Å². The van der Waals surface area contributed by atoms with Gasteiger partial charge in [-0.3, -0.25) is 14.4 Å². The SMILES string of the molecule is COC(=O)c1ccc2c(C(C)=O)cn(CC(=O)N3CCC[C@H]3C(=O)NCc3cccc(Cl)c3F)c2c1. The lowest BCUT2D eigenvalue weighted by atomic mass is 10.1. The molecule has 8 nitrogen and oxygen atoms in total. The van der Waals surface area contributed by atoms with Crippen molar-refractivity contribution in [1.82, 2.24) is 14.8 Å². The van der Waals surface area contributed by atoms with Gasteiger partial charge in [-0.1, -0.05) is 29.8 Å². The predicted molar refractivity (Wildman–Crippen MR) is 131 cm³/mol. The number of benzene rings is 2. The Bertz CT molecular complexity index is 1370. The van der Waals surface area contributed by atoms with Gasteiger partial charge in [0.2, 0.25) is 11.8 Å². The zero-order chi connectivity index (χ0) is 26.0. The van der Waals surface area contributed by atoms with Gasteiger partial charge < -0.3 is 19.5 Å². The summed E-state index contributed by atoms with van der Waals surface area (Å²) in [6.45, 7) is 1.65. The minimum Gasteiger partial charge on any atom is -0.465 e. The standard InChI is InChI=1S/C26H25ClFN3O5/c1-15(32)19-13-30(22-11-16(26(35)36-2)8-9-18(19)22)14-23(33)31-10-4-7-21(31)25(34)29-12-17-5-3-6-20(27)24(17)28/h3,5-6,8-9,11,13,21H,4,7,10,12,14H2,1-2H3,(H,29,34)/t21-/m0/s1. The maximum atomic E-state index is 14.2. The van der Waals surface area contributed by atoms with Crippen LogP contribution in [0.15, 0.2) is 42.6 Å². The zero-order valence-corrected chi connectivity index (χ0v) is 20.6. The number of hydrogen-bond acceptors (Lipinski definition) is 5. The second-order valence-corrected chi connectivity index (χ2v) is 9.03. The molecule has 188 valence electrons. The molecule has 1 aliphatic rings. The van der Waals surface area contributed by atoms with Crippen molar-refractivity contribution in [1.29, 1.82) is 0 Å². The van der Waals surface area contributed by atoms with Crippen molar-refractivity contribution in [3.05, 3.63) is 70.1 Å². The minimum atomic E-state index is -0.695. The Morgan fingerprint density at radius 1 is 1.19 bits per heavy atom. The lowest BCUT2D eigenvalue weighted by Gasteiger charge is -2.24. The lowest BCUT2D eigenvalue weighted by molar-refractivity contribution is -0.138. The quantitative estimate of drug-likeness (QED) is 0.383. The average Bonchev–Trinajstić information content (AvgIpc) is 3.49. The highest BCUT2D eigenvalue weighted by Gasteiger charge is 2.34. The van der Waals surface area contributed by atoms with E-state index in [0.717, 1.165) is 0 Å². The van der Waals surface area contributed by atoms with Gasteiger partial charge in [0.1, 0.15) is 18.4 Å². The summed E-state index contributed by atoms with van der Waals surface area (Å²) in [4.78, 5) is 51.8. The molecule has 1 fully saturated rings. The molecule has 1 aliphatic heterocycles. The highest BCUT2D eigenvalue weighted by atomic mass is 35.5. The molecule has 2 amide bonds. The molecule has 1 aromatic heterocycles. The Morgan fingerprint density at radius 2 is 1.97 bits per heavy atom. The van der Waals surface area contributed by atoms with Crippen LogP contribution in [0.2, 0.25) is 5.02 Å². The van der Waals surface area contributed by atoms with Gasteiger partial charge in [0.05, 0.1) is 23.2 Å². The van der Waals surface area contributed by atoms with Gasteiger partial charge in [-0.15, -0.1) is 0 Å². The van der Waals surface area contributed by atoms with Crippen molar-refractivity contribution in [3.8, 4) is 0 Å². The van der Waals surface area contributed by atoms with Crippen LogP contribution in [0, 0.1) is 5.82 Å². The van der Waals surface area contributed by atoms with Crippen LogP contribution in [0.4, 0.5) is 4.39 Å². The number of carbonyl (C=O) groups is 4. The average molecular weight is 514 g/mol. The first-order valence-corrected chi connectivity index (χ1v) is 11.8. The van der Waals surface area contributed by atoms with Gasteiger partial charge in [-0.05, 0) is 38.0 Å². The van der Waals surface area contributed by atoms with E-state index in [1.807, 2.05) is 0 Å². The number of aromatic nitrogens is 1. The number of amides is 2. The first kappa shape index (κ1) is 25.4. The van der Waals surface area contributed by atoms with Crippen LogP contribution in [0.1, 0.15) is 46.0 Å². The summed E-state index contributed by atoms with van der Waals surface area (Å²) < 4.78 is 20.6. The third kappa shape index (κ3) is 4.97. The summed E-state index contributed by atoms with van der Waals surface area (Å²) in [5.74, 6) is -1.99. The van der Waals surface area contributed by atoms with Crippen LogP contribution in [0.3, 0.4) is 0 Å². The molecule has 1 saturated heterocycles. The summed E-state index contributed by atoms with van der Waals surface area (Å²) in [6.07, 6.45) is 2.71.